The second-order valence-electron chi connectivity index (χ2n) is 5.73. The molecule has 2 unspecified atom stereocenters. The van der Waals surface area contributed by atoms with Gasteiger partial charge >= 0.3 is 12.0 Å². The zero-order valence-corrected chi connectivity index (χ0v) is 11.0. The maximum atomic E-state index is 11.8. The van der Waals surface area contributed by atoms with Gasteiger partial charge in [0.2, 0.25) is 0 Å². The van der Waals surface area contributed by atoms with Gasteiger partial charge in [0, 0.05) is 12.1 Å². The van der Waals surface area contributed by atoms with Crippen molar-refractivity contribution in [1.29, 1.82) is 0 Å². The van der Waals surface area contributed by atoms with Crippen LogP contribution in [0.4, 0.5) is 4.79 Å². The van der Waals surface area contributed by atoms with Crippen molar-refractivity contribution in [3.8, 4) is 0 Å². The number of hydrogen-bond donors (Lipinski definition) is 3. The summed E-state index contributed by atoms with van der Waals surface area (Å²) >= 11 is 0. The molecule has 0 spiro atoms. The van der Waals surface area contributed by atoms with E-state index in [9.17, 15) is 9.59 Å². The van der Waals surface area contributed by atoms with Crippen molar-refractivity contribution in [2.45, 2.75) is 51.6 Å². The zero-order chi connectivity index (χ0) is 13.3. The maximum absolute atomic E-state index is 11.8. The third-order valence-electron chi connectivity index (χ3n) is 4.06. The Morgan fingerprint density at radius 3 is 1.94 bits per heavy atom. The molecule has 0 heterocycles. The molecule has 0 aromatic heterocycles. The van der Waals surface area contributed by atoms with Gasteiger partial charge in [-0.3, -0.25) is 4.79 Å². The van der Waals surface area contributed by atoms with Gasteiger partial charge in [0.25, 0.3) is 0 Å². The van der Waals surface area contributed by atoms with Gasteiger partial charge in [-0.25, -0.2) is 4.79 Å². The molecule has 2 aliphatic carbocycles. The third kappa shape index (κ3) is 3.37. The van der Waals surface area contributed by atoms with Crippen LogP contribution in [0.2, 0.25) is 0 Å². The van der Waals surface area contributed by atoms with Crippen LogP contribution in [-0.2, 0) is 4.79 Å². The fourth-order valence-electron chi connectivity index (χ4n) is 2.27. The van der Waals surface area contributed by atoms with E-state index in [4.69, 9.17) is 5.11 Å². The van der Waals surface area contributed by atoms with E-state index in [1.165, 1.54) is 25.7 Å². The number of rotatable bonds is 6. The molecule has 0 aliphatic heterocycles. The Labute approximate surface area is 107 Å². The monoisotopic (exact) mass is 254 g/mol. The van der Waals surface area contributed by atoms with Crippen LogP contribution >= 0.6 is 0 Å². The van der Waals surface area contributed by atoms with Gasteiger partial charge in [-0.15, -0.1) is 0 Å². The molecule has 18 heavy (non-hydrogen) atoms. The van der Waals surface area contributed by atoms with Crippen LogP contribution in [0.25, 0.3) is 0 Å². The Morgan fingerprint density at radius 2 is 1.56 bits per heavy atom. The number of urea groups is 1. The molecule has 2 amide bonds. The molecule has 102 valence electrons. The minimum absolute atomic E-state index is 0.223. The Bertz CT molecular complexity index is 325. The highest BCUT2D eigenvalue weighted by Crippen LogP contribution is 2.44. The highest BCUT2D eigenvalue weighted by molar-refractivity contribution is 5.76. The van der Waals surface area contributed by atoms with Gasteiger partial charge in [0.05, 0.1) is 5.92 Å². The average Bonchev–Trinajstić information content (AvgIpc) is 3.16. The predicted molar refractivity (Wildman–Crippen MR) is 67.2 cm³/mol. The first-order chi connectivity index (χ1) is 8.49. The largest absolute Gasteiger partial charge is 0.481 e. The van der Waals surface area contributed by atoms with Crippen LogP contribution in [0.5, 0.6) is 0 Å². The summed E-state index contributed by atoms with van der Waals surface area (Å²) in [5.74, 6) is -0.161. The van der Waals surface area contributed by atoms with E-state index in [-0.39, 0.29) is 12.1 Å². The van der Waals surface area contributed by atoms with Crippen LogP contribution in [0.1, 0.15) is 39.5 Å². The smallest absolute Gasteiger partial charge is 0.315 e. The highest BCUT2D eigenvalue weighted by atomic mass is 16.4. The number of carboxylic acids is 1. The number of nitrogens with one attached hydrogen (secondary N) is 2. The normalized spacial score (nSPS) is 22.4. The van der Waals surface area contributed by atoms with Crippen molar-refractivity contribution in [3.63, 3.8) is 0 Å². The molecule has 0 aromatic rings. The SMILES string of the molecule is CC(NC(=O)NC(C1CC1)C1CC1)C(C)C(=O)O. The van der Waals surface area contributed by atoms with E-state index in [2.05, 4.69) is 10.6 Å². The average molecular weight is 254 g/mol. The first-order valence-electron chi connectivity index (χ1n) is 6.79. The Kier molecular flexibility index (Phi) is 3.78. The van der Waals surface area contributed by atoms with Crippen molar-refractivity contribution in [1.82, 2.24) is 10.6 Å². The molecule has 0 aromatic carbocycles. The van der Waals surface area contributed by atoms with E-state index in [1.54, 1.807) is 13.8 Å². The Morgan fingerprint density at radius 1 is 1.06 bits per heavy atom. The van der Waals surface area contributed by atoms with Gasteiger partial charge in [0.1, 0.15) is 0 Å². The number of carbonyl (C=O) groups is 2. The minimum Gasteiger partial charge on any atom is -0.481 e. The molecular formula is C13H22N2O3. The first-order valence-corrected chi connectivity index (χ1v) is 6.79. The van der Waals surface area contributed by atoms with Gasteiger partial charge in [0.15, 0.2) is 0 Å². The maximum Gasteiger partial charge on any atom is 0.315 e. The Balaban J connectivity index is 1.78. The summed E-state index contributed by atoms with van der Waals surface area (Å²) in [6, 6.07) is -0.279. The summed E-state index contributed by atoms with van der Waals surface area (Å²) < 4.78 is 0. The van der Waals surface area contributed by atoms with Crippen molar-refractivity contribution in [2.75, 3.05) is 0 Å². The Hall–Kier alpha value is -1.26. The van der Waals surface area contributed by atoms with Crippen molar-refractivity contribution in [3.05, 3.63) is 0 Å². The molecule has 0 saturated heterocycles. The summed E-state index contributed by atoms with van der Waals surface area (Å²) in [5.41, 5.74) is 0. The number of hydrogen-bond acceptors (Lipinski definition) is 2. The lowest BCUT2D eigenvalue weighted by Crippen LogP contribution is -2.49. The minimum atomic E-state index is -0.885. The van der Waals surface area contributed by atoms with Crippen molar-refractivity contribution < 1.29 is 14.7 Å². The van der Waals surface area contributed by atoms with E-state index in [1.807, 2.05) is 0 Å². The van der Waals surface area contributed by atoms with E-state index >= 15 is 0 Å². The number of carboxylic acid groups (broad SMARTS) is 1. The molecule has 2 atom stereocenters. The molecule has 5 nitrogen and oxygen atoms in total. The summed E-state index contributed by atoms with van der Waals surface area (Å²) in [6.07, 6.45) is 4.84. The zero-order valence-electron chi connectivity index (χ0n) is 11.0. The quantitative estimate of drug-likeness (QED) is 0.673. The third-order valence-corrected chi connectivity index (χ3v) is 4.06. The number of aliphatic carboxylic acids is 1. The molecule has 5 heteroatoms. The fraction of sp³-hybridized carbons (Fsp3) is 0.846. The molecule has 3 N–H and O–H groups in total. The summed E-state index contributed by atoms with van der Waals surface area (Å²) in [4.78, 5) is 22.6. The summed E-state index contributed by atoms with van der Waals surface area (Å²) in [7, 11) is 0. The van der Waals surface area contributed by atoms with E-state index in [0.29, 0.717) is 17.9 Å². The van der Waals surface area contributed by atoms with Gasteiger partial charge in [-0.1, -0.05) is 0 Å². The fourth-order valence-corrected chi connectivity index (χ4v) is 2.27. The summed E-state index contributed by atoms with van der Waals surface area (Å²) in [6.45, 7) is 3.33. The van der Waals surface area contributed by atoms with Crippen molar-refractivity contribution in [2.24, 2.45) is 17.8 Å². The topological polar surface area (TPSA) is 78.4 Å². The van der Waals surface area contributed by atoms with Crippen LogP contribution < -0.4 is 10.6 Å². The van der Waals surface area contributed by atoms with Crippen LogP contribution in [0.15, 0.2) is 0 Å². The number of amides is 2. The van der Waals surface area contributed by atoms with Crippen LogP contribution in [0.3, 0.4) is 0 Å². The molecule has 2 aliphatic rings. The van der Waals surface area contributed by atoms with Crippen LogP contribution in [0, 0.1) is 17.8 Å². The second kappa shape index (κ2) is 5.16. The molecule has 2 fully saturated rings. The molecule has 2 rings (SSSR count). The lowest BCUT2D eigenvalue weighted by atomic mass is 10.0. The van der Waals surface area contributed by atoms with Gasteiger partial charge in [-0.05, 0) is 51.4 Å². The lowest BCUT2D eigenvalue weighted by molar-refractivity contribution is -0.141. The molecule has 0 radical (unpaired) electrons. The highest BCUT2D eigenvalue weighted by Gasteiger charge is 2.42. The summed E-state index contributed by atoms with van der Waals surface area (Å²) in [5, 5.41) is 14.6. The number of carbonyl (C=O) groups excluding carboxylic acids is 1. The lowest BCUT2D eigenvalue weighted by Gasteiger charge is -2.22. The first kappa shape index (κ1) is 13.2. The molecular weight excluding hydrogens is 232 g/mol. The molecule has 2 saturated carbocycles. The van der Waals surface area contributed by atoms with Crippen molar-refractivity contribution >= 4 is 12.0 Å². The predicted octanol–water partition coefficient (Wildman–Crippen LogP) is 1.58. The standard InChI is InChI=1S/C13H22N2O3/c1-7(12(16)17)8(2)14-13(18)15-11(9-3-4-9)10-5-6-10/h7-11H,3-6H2,1-2H3,(H,16,17)(H2,14,15,18). The van der Waals surface area contributed by atoms with Gasteiger partial charge < -0.3 is 15.7 Å². The second-order valence-corrected chi connectivity index (χ2v) is 5.73. The van der Waals surface area contributed by atoms with Crippen LogP contribution in [-0.4, -0.2) is 29.2 Å². The molecule has 0 bridgehead atoms. The van der Waals surface area contributed by atoms with E-state index in [0.717, 1.165) is 0 Å². The van der Waals surface area contributed by atoms with Gasteiger partial charge in [-0.2, -0.15) is 0 Å². The van der Waals surface area contributed by atoms with E-state index < -0.39 is 11.9 Å².